The second kappa shape index (κ2) is 9.39. The Morgan fingerprint density at radius 1 is 1.00 bits per heavy atom. The summed E-state index contributed by atoms with van der Waals surface area (Å²) in [6.07, 6.45) is 2.76. The molecule has 2 aromatic carbocycles. The summed E-state index contributed by atoms with van der Waals surface area (Å²) in [5, 5.41) is 5.74. The first-order chi connectivity index (χ1) is 16.5. The summed E-state index contributed by atoms with van der Waals surface area (Å²) in [5.41, 5.74) is 5.97. The number of aromatic nitrogens is 3. The van der Waals surface area contributed by atoms with E-state index in [2.05, 4.69) is 46.3 Å². The summed E-state index contributed by atoms with van der Waals surface area (Å²) in [6.45, 7) is 7.35. The molecule has 0 spiro atoms. The molecule has 5 rings (SSSR count). The predicted octanol–water partition coefficient (Wildman–Crippen LogP) is 4.28. The Hall–Kier alpha value is -3.51. The number of carbonyl (C=O) groups is 1. The third kappa shape index (κ3) is 4.73. The minimum atomic E-state index is 0.0893. The molecule has 6 heteroatoms. The SMILES string of the molecule is Cc1cc(C)n(-c2cccc(C(=O)N3CCN(C)CC(Cc4ccc5ncccc5c4)C3)c2)n1. The first-order valence-corrected chi connectivity index (χ1v) is 11.9. The van der Waals surface area contributed by atoms with Gasteiger partial charge < -0.3 is 9.80 Å². The molecule has 0 saturated carbocycles. The van der Waals surface area contributed by atoms with Crippen LogP contribution in [0.25, 0.3) is 16.6 Å². The van der Waals surface area contributed by atoms with E-state index in [0.29, 0.717) is 11.5 Å². The molecule has 0 radical (unpaired) electrons. The van der Waals surface area contributed by atoms with E-state index in [1.807, 2.05) is 66.0 Å². The lowest BCUT2D eigenvalue weighted by Crippen LogP contribution is -2.36. The van der Waals surface area contributed by atoms with Crippen LogP contribution in [-0.4, -0.2) is 63.7 Å². The van der Waals surface area contributed by atoms with Crippen molar-refractivity contribution >= 4 is 16.8 Å². The highest BCUT2D eigenvalue weighted by atomic mass is 16.2. The molecule has 0 N–H and O–H groups in total. The number of pyridine rings is 1. The highest BCUT2D eigenvalue weighted by Crippen LogP contribution is 2.21. The Balaban J connectivity index is 1.36. The van der Waals surface area contributed by atoms with Gasteiger partial charge in [0.2, 0.25) is 0 Å². The Morgan fingerprint density at radius 2 is 1.88 bits per heavy atom. The van der Waals surface area contributed by atoms with Gasteiger partial charge in [0.1, 0.15) is 0 Å². The van der Waals surface area contributed by atoms with Gasteiger partial charge in [-0.3, -0.25) is 9.78 Å². The van der Waals surface area contributed by atoms with Crippen molar-refractivity contribution in [2.75, 3.05) is 33.2 Å². The van der Waals surface area contributed by atoms with Gasteiger partial charge in [-0.15, -0.1) is 0 Å². The van der Waals surface area contributed by atoms with Crippen molar-refractivity contribution in [2.45, 2.75) is 20.3 Å². The number of aryl methyl sites for hydroxylation is 2. The number of amides is 1. The van der Waals surface area contributed by atoms with E-state index in [-0.39, 0.29) is 5.91 Å². The fourth-order valence-electron chi connectivity index (χ4n) is 5.03. The molecule has 1 aliphatic heterocycles. The zero-order chi connectivity index (χ0) is 23.7. The number of nitrogens with zero attached hydrogens (tertiary/aromatic N) is 5. The molecule has 34 heavy (non-hydrogen) atoms. The van der Waals surface area contributed by atoms with Gasteiger partial charge in [-0.05, 0) is 81.3 Å². The van der Waals surface area contributed by atoms with Crippen molar-refractivity contribution in [3.05, 3.63) is 89.4 Å². The molecule has 1 saturated heterocycles. The molecule has 1 unspecified atom stereocenters. The van der Waals surface area contributed by atoms with Crippen molar-refractivity contribution in [1.29, 1.82) is 0 Å². The first-order valence-electron chi connectivity index (χ1n) is 11.9. The maximum absolute atomic E-state index is 13.6. The van der Waals surface area contributed by atoms with Crippen molar-refractivity contribution in [3.8, 4) is 5.69 Å². The van der Waals surface area contributed by atoms with Crippen LogP contribution in [0.2, 0.25) is 0 Å². The maximum atomic E-state index is 13.6. The van der Waals surface area contributed by atoms with Gasteiger partial charge >= 0.3 is 0 Å². The van der Waals surface area contributed by atoms with Crippen LogP contribution in [-0.2, 0) is 6.42 Å². The number of hydrogen-bond acceptors (Lipinski definition) is 4. The molecule has 6 nitrogen and oxygen atoms in total. The molecule has 2 aromatic heterocycles. The van der Waals surface area contributed by atoms with Crippen LogP contribution >= 0.6 is 0 Å². The molecule has 0 bridgehead atoms. The van der Waals surface area contributed by atoms with Gasteiger partial charge in [0.05, 0.1) is 16.9 Å². The van der Waals surface area contributed by atoms with Crippen LogP contribution in [0.15, 0.2) is 66.9 Å². The second-order valence-corrected chi connectivity index (χ2v) is 9.50. The molecule has 1 fully saturated rings. The summed E-state index contributed by atoms with van der Waals surface area (Å²) in [7, 11) is 2.15. The molecule has 1 aliphatic rings. The van der Waals surface area contributed by atoms with Gasteiger partial charge in [-0.1, -0.05) is 18.2 Å². The third-order valence-corrected chi connectivity index (χ3v) is 6.63. The largest absolute Gasteiger partial charge is 0.337 e. The third-order valence-electron chi connectivity index (χ3n) is 6.63. The average molecular weight is 454 g/mol. The summed E-state index contributed by atoms with van der Waals surface area (Å²) in [6, 6.07) is 20.5. The standard InChI is InChI=1S/C28H31N5O/c1-20-14-21(2)33(30-20)26-8-4-6-25(17-26)28(34)32-13-12-31(3)18-23(19-32)15-22-9-10-27-24(16-22)7-5-11-29-27/h4-11,14,16-17,23H,12-13,15,18-19H2,1-3H3. The van der Waals surface area contributed by atoms with Crippen molar-refractivity contribution in [1.82, 2.24) is 24.6 Å². The molecule has 1 atom stereocenters. The Morgan fingerprint density at radius 3 is 2.71 bits per heavy atom. The minimum Gasteiger partial charge on any atom is -0.337 e. The molecular weight excluding hydrogens is 422 g/mol. The molecule has 4 aromatic rings. The van der Waals surface area contributed by atoms with Gasteiger partial charge in [-0.2, -0.15) is 5.10 Å². The summed E-state index contributed by atoms with van der Waals surface area (Å²) < 4.78 is 1.90. The van der Waals surface area contributed by atoms with E-state index in [0.717, 1.165) is 60.6 Å². The zero-order valence-corrected chi connectivity index (χ0v) is 20.1. The topological polar surface area (TPSA) is 54.3 Å². The second-order valence-electron chi connectivity index (χ2n) is 9.50. The number of benzene rings is 2. The van der Waals surface area contributed by atoms with Gasteiger partial charge in [0.25, 0.3) is 5.91 Å². The average Bonchev–Trinajstić information content (AvgIpc) is 3.07. The molecule has 3 heterocycles. The highest BCUT2D eigenvalue weighted by Gasteiger charge is 2.25. The quantitative estimate of drug-likeness (QED) is 0.463. The molecular formula is C28H31N5O. The highest BCUT2D eigenvalue weighted by molar-refractivity contribution is 5.94. The van der Waals surface area contributed by atoms with E-state index in [9.17, 15) is 4.79 Å². The maximum Gasteiger partial charge on any atom is 0.253 e. The fraction of sp³-hybridized carbons (Fsp3) is 0.321. The predicted molar refractivity (Wildman–Crippen MR) is 135 cm³/mol. The molecule has 1 amide bonds. The smallest absolute Gasteiger partial charge is 0.253 e. The molecule has 0 aliphatic carbocycles. The first kappa shape index (κ1) is 22.3. The van der Waals surface area contributed by atoms with E-state index >= 15 is 0 Å². The number of likely N-dealkylation sites (N-methyl/N-ethyl adjacent to an activating group) is 1. The van der Waals surface area contributed by atoms with E-state index in [1.54, 1.807) is 0 Å². The normalized spacial score (nSPS) is 17.1. The van der Waals surface area contributed by atoms with Crippen LogP contribution in [0.3, 0.4) is 0 Å². The van der Waals surface area contributed by atoms with Crippen LogP contribution in [0.4, 0.5) is 0 Å². The van der Waals surface area contributed by atoms with Crippen molar-refractivity contribution in [3.63, 3.8) is 0 Å². The van der Waals surface area contributed by atoms with Crippen molar-refractivity contribution in [2.24, 2.45) is 5.92 Å². The van der Waals surface area contributed by atoms with Gasteiger partial charge in [0, 0.05) is 49.0 Å². The molecule has 174 valence electrons. The Kier molecular flexibility index (Phi) is 6.16. The van der Waals surface area contributed by atoms with E-state index < -0.39 is 0 Å². The lowest BCUT2D eigenvalue weighted by atomic mass is 9.97. The van der Waals surface area contributed by atoms with Crippen LogP contribution < -0.4 is 0 Å². The number of fused-ring (bicyclic) bond motifs is 1. The monoisotopic (exact) mass is 453 g/mol. The number of rotatable bonds is 4. The van der Waals surface area contributed by atoms with E-state index in [4.69, 9.17) is 0 Å². The number of hydrogen-bond donors (Lipinski definition) is 0. The Bertz CT molecular complexity index is 1330. The summed E-state index contributed by atoms with van der Waals surface area (Å²) >= 11 is 0. The fourth-order valence-corrected chi connectivity index (χ4v) is 5.03. The van der Waals surface area contributed by atoms with Crippen LogP contribution in [0, 0.1) is 19.8 Å². The van der Waals surface area contributed by atoms with Crippen LogP contribution in [0.5, 0.6) is 0 Å². The summed E-state index contributed by atoms with van der Waals surface area (Å²) in [4.78, 5) is 22.4. The van der Waals surface area contributed by atoms with E-state index in [1.165, 1.54) is 5.56 Å². The lowest BCUT2D eigenvalue weighted by Gasteiger charge is -2.24. The van der Waals surface area contributed by atoms with Crippen molar-refractivity contribution < 1.29 is 4.79 Å². The zero-order valence-electron chi connectivity index (χ0n) is 20.1. The summed E-state index contributed by atoms with van der Waals surface area (Å²) in [5.74, 6) is 0.455. The number of carbonyl (C=O) groups excluding carboxylic acids is 1. The van der Waals surface area contributed by atoms with Crippen LogP contribution in [0.1, 0.15) is 27.3 Å². The minimum absolute atomic E-state index is 0.0893. The van der Waals surface area contributed by atoms with Gasteiger partial charge in [0.15, 0.2) is 0 Å². The van der Waals surface area contributed by atoms with Gasteiger partial charge in [-0.25, -0.2) is 4.68 Å². The lowest BCUT2D eigenvalue weighted by molar-refractivity contribution is 0.0746. The Labute approximate surface area is 200 Å².